The van der Waals surface area contributed by atoms with E-state index in [1.165, 1.54) is 35.5 Å². The zero-order valence-electron chi connectivity index (χ0n) is 14.9. The van der Waals surface area contributed by atoms with Gasteiger partial charge in [-0.05, 0) is 25.1 Å². The van der Waals surface area contributed by atoms with E-state index in [9.17, 15) is 18.0 Å². The molecule has 0 unspecified atom stereocenters. The maximum absolute atomic E-state index is 12.7. The number of nitrogens with zero attached hydrogens (tertiary/aromatic N) is 2. The lowest BCUT2D eigenvalue weighted by Gasteiger charge is -2.26. The van der Waals surface area contributed by atoms with Crippen LogP contribution in [-0.2, 0) is 14.8 Å². The van der Waals surface area contributed by atoms with E-state index < -0.39 is 15.9 Å². The van der Waals surface area contributed by atoms with Crippen LogP contribution in [0.2, 0.25) is 0 Å². The average Bonchev–Trinajstić information content (AvgIpc) is 3.03. The standard InChI is InChI=1S/C17H19N3O5S2/c1-11-15(12(2)21)26-17(18-11)19-16(22)13-4-3-5-14(10-13)27(23,24)20-6-8-25-9-7-20/h3-5,10H,6-9H2,1-2H3,(H,18,19,22). The molecule has 1 aromatic heterocycles. The molecular formula is C17H19N3O5S2. The van der Waals surface area contributed by atoms with Gasteiger partial charge in [0.15, 0.2) is 10.9 Å². The molecule has 8 nitrogen and oxygen atoms in total. The number of rotatable bonds is 5. The van der Waals surface area contributed by atoms with Gasteiger partial charge in [-0.25, -0.2) is 13.4 Å². The zero-order valence-corrected chi connectivity index (χ0v) is 16.5. The smallest absolute Gasteiger partial charge is 0.257 e. The molecule has 1 fully saturated rings. The number of ketones is 1. The van der Waals surface area contributed by atoms with Gasteiger partial charge in [-0.2, -0.15) is 4.31 Å². The van der Waals surface area contributed by atoms with Gasteiger partial charge in [0.1, 0.15) is 0 Å². The molecular weight excluding hydrogens is 390 g/mol. The van der Waals surface area contributed by atoms with Crippen LogP contribution in [0.1, 0.15) is 32.6 Å². The summed E-state index contributed by atoms with van der Waals surface area (Å²) in [7, 11) is -3.69. The normalized spacial score (nSPS) is 15.5. The van der Waals surface area contributed by atoms with Gasteiger partial charge in [0.05, 0.1) is 28.7 Å². The summed E-state index contributed by atoms with van der Waals surface area (Å²) in [6.07, 6.45) is 0. The maximum atomic E-state index is 12.7. The number of aryl methyl sites for hydroxylation is 1. The first-order valence-corrected chi connectivity index (χ1v) is 10.5. The van der Waals surface area contributed by atoms with Crippen LogP contribution in [0.15, 0.2) is 29.2 Å². The monoisotopic (exact) mass is 409 g/mol. The Balaban J connectivity index is 1.81. The molecule has 144 valence electrons. The lowest BCUT2D eigenvalue weighted by molar-refractivity contribution is 0.0730. The van der Waals surface area contributed by atoms with Crippen molar-refractivity contribution in [3.8, 4) is 0 Å². The number of ether oxygens (including phenoxy) is 1. The fourth-order valence-corrected chi connectivity index (χ4v) is 4.99. The molecule has 0 atom stereocenters. The fourth-order valence-electron chi connectivity index (χ4n) is 2.68. The van der Waals surface area contributed by atoms with Crippen molar-refractivity contribution in [2.24, 2.45) is 0 Å². The van der Waals surface area contributed by atoms with Crippen LogP contribution < -0.4 is 5.32 Å². The van der Waals surface area contributed by atoms with Gasteiger partial charge in [-0.15, -0.1) is 0 Å². The number of thiazole rings is 1. The molecule has 3 rings (SSSR count). The summed E-state index contributed by atoms with van der Waals surface area (Å²) in [5.74, 6) is -0.609. The van der Waals surface area contributed by atoms with Gasteiger partial charge in [0.2, 0.25) is 10.0 Å². The van der Waals surface area contributed by atoms with E-state index >= 15 is 0 Å². The minimum absolute atomic E-state index is 0.0526. The van der Waals surface area contributed by atoms with E-state index in [1.54, 1.807) is 6.92 Å². The van der Waals surface area contributed by atoms with Gasteiger partial charge in [-0.1, -0.05) is 17.4 Å². The van der Waals surface area contributed by atoms with E-state index in [-0.39, 0.29) is 29.3 Å². The lowest BCUT2D eigenvalue weighted by atomic mass is 10.2. The molecule has 1 saturated heterocycles. The maximum Gasteiger partial charge on any atom is 0.257 e. The number of benzene rings is 1. The minimum Gasteiger partial charge on any atom is -0.379 e. The van der Waals surface area contributed by atoms with Crippen LogP contribution in [0, 0.1) is 6.92 Å². The Morgan fingerprint density at radius 1 is 1.26 bits per heavy atom. The largest absolute Gasteiger partial charge is 0.379 e. The summed E-state index contributed by atoms with van der Waals surface area (Å²) < 4.78 is 32.0. The SMILES string of the molecule is CC(=O)c1sc(NC(=O)c2cccc(S(=O)(=O)N3CCOCC3)c2)nc1C. The molecule has 1 amide bonds. The number of aromatic nitrogens is 1. The Bertz CT molecular complexity index is 978. The summed E-state index contributed by atoms with van der Waals surface area (Å²) in [6.45, 7) is 4.39. The molecule has 0 radical (unpaired) electrons. The number of amides is 1. The van der Waals surface area contributed by atoms with Crippen LogP contribution in [0.25, 0.3) is 0 Å². The Morgan fingerprint density at radius 2 is 1.96 bits per heavy atom. The Labute approximate surface area is 161 Å². The molecule has 2 aromatic rings. The zero-order chi connectivity index (χ0) is 19.6. The minimum atomic E-state index is -3.69. The van der Waals surface area contributed by atoms with Crippen molar-refractivity contribution in [1.82, 2.24) is 9.29 Å². The number of carbonyl (C=O) groups excluding carboxylic acids is 2. The highest BCUT2D eigenvalue weighted by molar-refractivity contribution is 7.89. The van der Waals surface area contributed by atoms with Crippen molar-refractivity contribution in [2.45, 2.75) is 18.7 Å². The second-order valence-corrected chi connectivity index (χ2v) is 8.93. The molecule has 1 aromatic carbocycles. The van der Waals surface area contributed by atoms with Crippen molar-refractivity contribution in [1.29, 1.82) is 0 Å². The first-order chi connectivity index (χ1) is 12.8. The summed E-state index contributed by atoms with van der Waals surface area (Å²) >= 11 is 1.09. The topological polar surface area (TPSA) is 106 Å². The molecule has 1 aliphatic rings. The summed E-state index contributed by atoms with van der Waals surface area (Å²) in [5, 5.41) is 2.92. The number of hydrogen-bond acceptors (Lipinski definition) is 7. The van der Waals surface area contributed by atoms with Gasteiger partial charge >= 0.3 is 0 Å². The van der Waals surface area contributed by atoms with Gasteiger partial charge in [0, 0.05) is 25.6 Å². The van der Waals surface area contributed by atoms with Crippen LogP contribution >= 0.6 is 11.3 Å². The van der Waals surface area contributed by atoms with Crippen LogP contribution in [0.3, 0.4) is 0 Å². The van der Waals surface area contributed by atoms with Crippen molar-refractivity contribution < 1.29 is 22.7 Å². The fraction of sp³-hybridized carbons (Fsp3) is 0.353. The third kappa shape index (κ3) is 4.24. The number of sulfonamides is 1. The molecule has 10 heteroatoms. The molecule has 0 saturated carbocycles. The third-order valence-corrected chi connectivity index (χ3v) is 7.11. The number of carbonyl (C=O) groups is 2. The van der Waals surface area contributed by atoms with E-state index in [0.29, 0.717) is 28.9 Å². The van der Waals surface area contributed by atoms with Crippen molar-refractivity contribution in [3.05, 3.63) is 40.4 Å². The van der Waals surface area contributed by atoms with E-state index in [1.807, 2.05) is 0 Å². The van der Waals surface area contributed by atoms with Crippen molar-refractivity contribution >= 4 is 38.2 Å². The van der Waals surface area contributed by atoms with Crippen LogP contribution in [0.5, 0.6) is 0 Å². The molecule has 27 heavy (non-hydrogen) atoms. The Hall–Kier alpha value is -2.14. The van der Waals surface area contributed by atoms with E-state index in [2.05, 4.69) is 10.3 Å². The first kappa shape index (κ1) is 19.6. The number of nitrogens with one attached hydrogen (secondary N) is 1. The predicted octanol–water partition coefficient (Wildman–Crippen LogP) is 1.93. The van der Waals surface area contributed by atoms with E-state index in [0.717, 1.165) is 11.3 Å². The van der Waals surface area contributed by atoms with Gasteiger partial charge in [-0.3, -0.25) is 14.9 Å². The molecule has 1 aliphatic heterocycles. The summed E-state index contributed by atoms with van der Waals surface area (Å²) in [4.78, 5) is 28.7. The second kappa shape index (κ2) is 7.85. The van der Waals surface area contributed by atoms with E-state index in [4.69, 9.17) is 4.74 Å². The summed E-state index contributed by atoms with van der Waals surface area (Å²) in [5.41, 5.74) is 0.744. The van der Waals surface area contributed by atoms with Gasteiger partial charge in [0.25, 0.3) is 5.91 Å². The molecule has 1 N–H and O–H groups in total. The molecule has 2 heterocycles. The number of Topliss-reactive ketones (excluding diaryl/α,β-unsaturated/α-hetero) is 1. The highest BCUT2D eigenvalue weighted by atomic mass is 32.2. The average molecular weight is 409 g/mol. The number of anilines is 1. The van der Waals surface area contributed by atoms with Gasteiger partial charge < -0.3 is 4.74 Å². The molecule has 0 spiro atoms. The van der Waals surface area contributed by atoms with Crippen molar-refractivity contribution in [2.75, 3.05) is 31.6 Å². The number of morpholine rings is 1. The third-order valence-electron chi connectivity index (χ3n) is 4.04. The van der Waals surface area contributed by atoms with Crippen molar-refractivity contribution in [3.63, 3.8) is 0 Å². The second-order valence-electron chi connectivity index (χ2n) is 5.99. The molecule has 0 bridgehead atoms. The van der Waals surface area contributed by atoms with Crippen LogP contribution in [-0.4, -0.2) is 55.7 Å². The predicted molar refractivity (Wildman–Crippen MR) is 101 cm³/mol. The Kier molecular flexibility index (Phi) is 5.70. The molecule has 0 aliphatic carbocycles. The highest BCUT2D eigenvalue weighted by Crippen LogP contribution is 2.24. The van der Waals surface area contributed by atoms with Crippen LogP contribution in [0.4, 0.5) is 5.13 Å². The first-order valence-electron chi connectivity index (χ1n) is 8.26. The number of hydrogen-bond donors (Lipinski definition) is 1. The highest BCUT2D eigenvalue weighted by Gasteiger charge is 2.27. The Morgan fingerprint density at radius 3 is 2.59 bits per heavy atom. The quantitative estimate of drug-likeness (QED) is 0.757. The summed E-state index contributed by atoms with van der Waals surface area (Å²) in [6, 6.07) is 5.85. The lowest BCUT2D eigenvalue weighted by Crippen LogP contribution is -2.40.